The zero-order valence-electron chi connectivity index (χ0n) is 15.0. The van der Waals surface area contributed by atoms with E-state index in [4.69, 9.17) is 0 Å². The van der Waals surface area contributed by atoms with Crippen molar-refractivity contribution in [3.8, 4) is 0 Å². The molecular formula is C24H19NOS. The summed E-state index contributed by atoms with van der Waals surface area (Å²) in [6, 6.07) is 29.7. The van der Waals surface area contributed by atoms with Gasteiger partial charge in [0.1, 0.15) is 10.4 Å². The Labute approximate surface area is 163 Å². The molecule has 3 aliphatic rings. The topological polar surface area (TPSA) is 20.3 Å². The third-order valence-corrected chi connectivity index (χ3v) is 8.43. The highest BCUT2D eigenvalue weighted by Crippen LogP contribution is 2.79. The summed E-state index contributed by atoms with van der Waals surface area (Å²) in [5, 5.41) is 0.274. The first kappa shape index (κ1) is 15.7. The number of nitrogens with zero attached hydrogens (tertiary/aromatic N) is 1. The van der Waals surface area contributed by atoms with Crippen molar-refractivity contribution >= 4 is 16.9 Å². The lowest BCUT2D eigenvalue weighted by Crippen LogP contribution is -2.47. The molecule has 0 N–H and O–H groups in total. The van der Waals surface area contributed by atoms with Gasteiger partial charge in [0.25, 0.3) is 0 Å². The van der Waals surface area contributed by atoms with Crippen molar-refractivity contribution in [2.24, 2.45) is 0 Å². The Morgan fingerprint density at radius 1 is 0.741 bits per heavy atom. The molecule has 2 saturated heterocycles. The standard InChI is InChI=1S/C24H19NOS/c1-25-23(16-10-4-2-5-11-16)20-18-14-8-9-15-19(18)21(20)24(25,27-22(23)26)17-12-6-3-7-13-17/h2-15,20-21H,1H3/t20-,21+,23-,24-/m1/s1. The Balaban J connectivity index is 1.69. The lowest BCUT2D eigenvalue weighted by Gasteiger charge is -2.48. The zero-order valence-corrected chi connectivity index (χ0v) is 15.8. The third kappa shape index (κ3) is 1.58. The SMILES string of the molecule is CN1[C@]2(c3ccccc3)SC(=O)[C@@]1(c1ccccc1)[C@@H]1c3ccccc3[C@@H]12. The van der Waals surface area contributed by atoms with Crippen LogP contribution in [0.5, 0.6) is 0 Å². The van der Waals surface area contributed by atoms with E-state index >= 15 is 0 Å². The summed E-state index contributed by atoms with van der Waals surface area (Å²) >= 11 is 1.53. The van der Waals surface area contributed by atoms with Gasteiger partial charge in [-0.2, -0.15) is 0 Å². The first-order valence-electron chi connectivity index (χ1n) is 9.39. The van der Waals surface area contributed by atoms with Crippen molar-refractivity contribution in [3.63, 3.8) is 0 Å². The van der Waals surface area contributed by atoms with Crippen molar-refractivity contribution in [2.75, 3.05) is 7.05 Å². The van der Waals surface area contributed by atoms with E-state index in [2.05, 4.69) is 84.7 Å². The number of fused-ring (bicyclic) bond motifs is 8. The Hall–Kier alpha value is -2.36. The zero-order chi connectivity index (χ0) is 18.2. The second-order valence-electron chi connectivity index (χ2n) is 7.73. The van der Waals surface area contributed by atoms with Crippen LogP contribution in [0.4, 0.5) is 0 Å². The fourth-order valence-corrected chi connectivity index (χ4v) is 7.57. The molecule has 2 aliphatic heterocycles. The van der Waals surface area contributed by atoms with E-state index in [0.717, 1.165) is 5.56 Å². The number of likely N-dealkylation sites (N-methyl/N-ethyl adjacent to an activating group) is 1. The van der Waals surface area contributed by atoms with E-state index in [-0.39, 0.29) is 15.9 Å². The van der Waals surface area contributed by atoms with Gasteiger partial charge >= 0.3 is 0 Å². The molecule has 2 bridgehead atoms. The minimum Gasteiger partial charge on any atom is -0.285 e. The summed E-state index contributed by atoms with van der Waals surface area (Å²) in [5.41, 5.74) is 4.48. The van der Waals surface area contributed by atoms with Crippen LogP contribution in [-0.4, -0.2) is 17.1 Å². The van der Waals surface area contributed by atoms with Gasteiger partial charge in [-0.15, -0.1) is 0 Å². The Kier molecular flexibility index (Phi) is 2.97. The molecule has 0 aromatic heterocycles. The molecule has 2 heterocycles. The average molecular weight is 369 g/mol. The van der Waals surface area contributed by atoms with E-state index in [1.807, 2.05) is 12.1 Å². The molecule has 0 amide bonds. The van der Waals surface area contributed by atoms with Crippen LogP contribution < -0.4 is 0 Å². The number of hydrogen-bond acceptors (Lipinski definition) is 3. The van der Waals surface area contributed by atoms with Gasteiger partial charge in [-0.1, -0.05) is 96.7 Å². The lowest BCUT2D eigenvalue weighted by molar-refractivity contribution is -0.120. The second-order valence-corrected chi connectivity index (χ2v) is 8.92. The molecule has 0 radical (unpaired) electrons. The van der Waals surface area contributed by atoms with Gasteiger partial charge in [-0.05, 0) is 29.3 Å². The van der Waals surface area contributed by atoms with E-state index < -0.39 is 5.54 Å². The van der Waals surface area contributed by atoms with Gasteiger partial charge in [0.2, 0.25) is 5.12 Å². The highest BCUT2D eigenvalue weighted by Gasteiger charge is 2.79. The minimum atomic E-state index is -0.596. The second kappa shape index (κ2) is 5.12. The molecule has 3 heteroatoms. The molecular weight excluding hydrogens is 350 g/mol. The smallest absolute Gasteiger partial charge is 0.216 e. The maximum atomic E-state index is 13.7. The van der Waals surface area contributed by atoms with E-state index in [1.165, 1.54) is 28.5 Å². The summed E-state index contributed by atoms with van der Waals surface area (Å²) in [6.45, 7) is 0. The molecule has 3 aromatic rings. The summed E-state index contributed by atoms with van der Waals surface area (Å²) in [7, 11) is 2.15. The fourth-order valence-electron chi connectivity index (χ4n) is 5.83. The predicted molar refractivity (Wildman–Crippen MR) is 109 cm³/mol. The molecule has 0 unspecified atom stereocenters. The third-order valence-electron chi connectivity index (χ3n) is 6.86. The van der Waals surface area contributed by atoms with Crippen LogP contribution in [0.25, 0.3) is 0 Å². The number of rotatable bonds is 2. The average Bonchev–Trinajstić information content (AvgIpc) is 3.05. The molecule has 2 fully saturated rings. The highest BCUT2D eigenvalue weighted by atomic mass is 32.2. The summed E-state index contributed by atoms with van der Waals surface area (Å²) < 4.78 is 0. The van der Waals surface area contributed by atoms with E-state index in [1.54, 1.807) is 0 Å². The Bertz CT molecular complexity index is 1070. The van der Waals surface area contributed by atoms with Gasteiger partial charge in [-0.25, -0.2) is 0 Å². The molecule has 0 spiro atoms. The molecule has 132 valence electrons. The number of thioether (sulfide) groups is 1. The normalized spacial score (nSPS) is 33.4. The van der Waals surface area contributed by atoms with E-state index in [9.17, 15) is 4.79 Å². The van der Waals surface area contributed by atoms with Crippen molar-refractivity contribution in [3.05, 3.63) is 107 Å². The van der Waals surface area contributed by atoms with Crippen molar-refractivity contribution in [2.45, 2.75) is 22.2 Å². The lowest BCUT2D eigenvalue weighted by atomic mass is 9.59. The van der Waals surface area contributed by atoms with Crippen LogP contribution in [0.3, 0.4) is 0 Å². The van der Waals surface area contributed by atoms with E-state index in [0.29, 0.717) is 5.92 Å². The van der Waals surface area contributed by atoms with Crippen LogP contribution in [0.15, 0.2) is 84.9 Å². The van der Waals surface area contributed by atoms with Crippen molar-refractivity contribution in [1.29, 1.82) is 0 Å². The van der Waals surface area contributed by atoms with Gasteiger partial charge < -0.3 is 0 Å². The summed E-state index contributed by atoms with van der Waals surface area (Å²) in [4.78, 5) is 15.7. The number of benzene rings is 3. The molecule has 6 rings (SSSR count). The maximum absolute atomic E-state index is 13.7. The van der Waals surface area contributed by atoms with Crippen LogP contribution in [0.1, 0.15) is 34.1 Å². The van der Waals surface area contributed by atoms with Gasteiger partial charge in [0.15, 0.2) is 0 Å². The molecule has 4 atom stereocenters. The molecule has 2 nitrogen and oxygen atoms in total. The van der Waals surface area contributed by atoms with Gasteiger partial charge in [0, 0.05) is 11.8 Å². The monoisotopic (exact) mass is 369 g/mol. The number of carbonyl (C=O) groups is 1. The van der Waals surface area contributed by atoms with Gasteiger partial charge in [-0.3, -0.25) is 9.69 Å². The Morgan fingerprint density at radius 3 is 1.89 bits per heavy atom. The quantitative estimate of drug-likeness (QED) is 0.645. The summed E-state index contributed by atoms with van der Waals surface area (Å²) in [5.74, 6) is 0.527. The highest BCUT2D eigenvalue weighted by molar-refractivity contribution is 8.15. The van der Waals surface area contributed by atoms with Crippen LogP contribution >= 0.6 is 11.8 Å². The van der Waals surface area contributed by atoms with Crippen LogP contribution in [0.2, 0.25) is 0 Å². The number of carbonyl (C=O) groups excluding carboxylic acids is 1. The fraction of sp³-hybridized carbons (Fsp3) is 0.208. The maximum Gasteiger partial charge on any atom is 0.216 e. The van der Waals surface area contributed by atoms with Gasteiger partial charge in [0.05, 0.1) is 0 Å². The van der Waals surface area contributed by atoms with Crippen molar-refractivity contribution < 1.29 is 4.79 Å². The predicted octanol–water partition coefficient (Wildman–Crippen LogP) is 4.83. The Morgan fingerprint density at radius 2 is 1.26 bits per heavy atom. The summed E-state index contributed by atoms with van der Waals surface area (Å²) in [6.07, 6.45) is 0. The van der Waals surface area contributed by atoms with Crippen LogP contribution in [0, 0.1) is 0 Å². The minimum absolute atomic E-state index is 0.204. The first-order valence-corrected chi connectivity index (χ1v) is 10.2. The van der Waals surface area contributed by atoms with Crippen molar-refractivity contribution in [1.82, 2.24) is 4.90 Å². The largest absolute Gasteiger partial charge is 0.285 e. The molecule has 1 aliphatic carbocycles. The van der Waals surface area contributed by atoms with Crippen LogP contribution in [-0.2, 0) is 15.2 Å². The molecule has 0 saturated carbocycles. The first-order chi connectivity index (χ1) is 13.2. The molecule has 3 aromatic carbocycles. The number of hydrogen-bond donors (Lipinski definition) is 0. The molecule has 27 heavy (non-hydrogen) atoms.